The molecule has 2 aliphatic heterocycles. The van der Waals surface area contributed by atoms with E-state index in [1.54, 1.807) is 6.07 Å². The molecule has 0 unspecified atom stereocenters. The largest absolute Gasteiger partial charge is 0.416 e. The molecule has 154 valence electrons. The highest BCUT2D eigenvalue weighted by atomic mass is 32.2. The normalized spacial score (nSPS) is 17.9. The number of fused-ring (bicyclic) bond motifs is 1. The molecule has 0 saturated carbocycles. The summed E-state index contributed by atoms with van der Waals surface area (Å²) in [6.07, 6.45) is -4.23. The summed E-state index contributed by atoms with van der Waals surface area (Å²) in [7, 11) is -3.71. The van der Waals surface area contributed by atoms with Gasteiger partial charge in [-0.05, 0) is 48.0 Å². The van der Waals surface area contributed by atoms with E-state index in [2.05, 4.69) is 5.32 Å². The molecule has 10 heteroatoms. The third-order valence-electron chi connectivity index (χ3n) is 5.14. The van der Waals surface area contributed by atoms with Gasteiger partial charge in [0.1, 0.15) is 0 Å². The molecule has 0 spiro atoms. The molecule has 1 amide bonds. The molecule has 1 fully saturated rings. The number of piperazine rings is 1. The molecule has 2 aromatic carbocycles. The number of hydrogen-bond donors (Lipinski definition) is 1. The molecule has 0 radical (unpaired) electrons. The van der Waals surface area contributed by atoms with Gasteiger partial charge in [0.15, 0.2) is 0 Å². The molecule has 4 rings (SSSR count). The van der Waals surface area contributed by atoms with E-state index in [1.807, 2.05) is 4.90 Å². The average molecular weight is 425 g/mol. The second-order valence-corrected chi connectivity index (χ2v) is 8.92. The number of amides is 1. The molecule has 0 bridgehead atoms. The van der Waals surface area contributed by atoms with Crippen molar-refractivity contribution in [1.29, 1.82) is 0 Å². The summed E-state index contributed by atoms with van der Waals surface area (Å²) in [4.78, 5) is 13.5. The molecule has 2 heterocycles. The van der Waals surface area contributed by atoms with Gasteiger partial charge < -0.3 is 10.2 Å². The van der Waals surface area contributed by atoms with Gasteiger partial charge in [0.25, 0.3) is 0 Å². The Hall–Kier alpha value is -2.59. The number of sulfonamides is 1. The summed E-state index contributed by atoms with van der Waals surface area (Å²) in [5.41, 5.74) is 1.18. The molecule has 1 N–H and O–H groups in total. The Kier molecular flexibility index (Phi) is 4.78. The van der Waals surface area contributed by atoms with Crippen LogP contribution in [0.15, 0.2) is 47.4 Å². The summed E-state index contributed by atoms with van der Waals surface area (Å²) in [5.74, 6) is -0.167. The van der Waals surface area contributed by atoms with Gasteiger partial charge in [-0.1, -0.05) is 0 Å². The van der Waals surface area contributed by atoms with Crippen molar-refractivity contribution in [3.8, 4) is 0 Å². The zero-order valence-corrected chi connectivity index (χ0v) is 16.1. The number of carbonyl (C=O) groups excluding carboxylic acids is 1. The first kappa shape index (κ1) is 19.7. The monoisotopic (exact) mass is 425 g/mol. The van der Waals surface area contributed by atoms with Crippen molar-refractivity contribution in [2.24, 2.45) is 0 Å². The van der Waals surface area contributed by atoms with Crippen molar-refractivity contribution >= 4 is 27.3 Å². The first-order chi connectivity index (χ1) is 13.6. The average Bonchev–Trinajstić information content (AvgIpc) is 3.06. The molecule has 2 aromatic rings. The molecule has 6 nitrogen and oxygen atoms in total. The first-order valence-electron chi connectivity index (χ1n) is 9.00. The fourth-order valence-electron chi connectivity index (χ4n) is 3.56. The molecule has 0 aromatic heterocycles. The highest BCUT2D eigenvalue weighted by molar-refractivity contribution is 7.89. The number of benzene rings is 2. The van der Waals surface area contributed by atoms with Crippen LogP contribution in [0.5, 0.6) is 0 Å². The Morgan fingerprint density at radius 1 is 0.931 bits per heavy atom. The first-order valence-corrected chi connectivity index (χ1v) is 10.4. The van der Waals surface area contributed by atoms with Crippen molar-refractivity contribution in [2.45, 2.75) is 17.5 Å². The lowest BCUT2D eigenvalue weighted by Gasteiger charge is -2.35. The van der Waals surface area contributed by atoms with E-state index in [4.69, 9.17) is 0 Å². The van der Waals surface area contributed by atoms with Crippen LogP contribution in [0.3, 0.4) is 0 Å². The number of rotatable bonds is 3. The minimum Gasteiger partial charge on any atom is -0.369 e. The predicted molar refractivity (Wildman–Crippen MR) is 101 cm³/mol. The van der Waals surface area contributed by atoms with Gasteiger partial charge in [-0.2, -0.15) is 17.5 Å². The van der Waals surface area contributed by atoms with Crippen molar-refractivity contribution in [1.82, 2.24) is 4.31 Å². The molecule has 1 saturated heterocycles. The SMILES string of the molecule is O=C1Cc2cc(S(=O)(=O)N3CCN(c4ccc(C(F)(F)F)cc4)CC3)ccc2N1. The lowest BCUT2D eigenvalue weighted by Crippen LogP contribution is -2.48. The summed E-state index contributed by atoms with van der Waals surface area (Å²) < 4.78 is 65.3. The maximum Gasteiger partial charge on any atom is 0.416 e. The van der Waals surface area contributed by atoms with Gasteiger partial charge in [0.05, 0.1) is 16.9 Å². The number of carbonyl (C=O) groups is 1. The van der Waals surface area contributed by atoms with Gasteiger partial charge >= 0.3 is 6.18 Å². The maximum absolute atomic E-state index is 12.9. The number of alkyl halides is 3. The molecular weight excluding hydrogens is 407 g/mol. The van der Waals surface area contributed by atoms with Crippen molar-refractivity contribution in [2.75, 3.05) is 36.4 Å². The highest BCUT2D eigenvalue weighted by Gasteiger charge is 2.32. The van der Waals surface area contributed by atoms with Crippen LogP contribution >= 0.6 is 0 Å². The third kappa shape index (κ3) is 3.82. The number of anilines is 2. The summed E-state index contributed by atoms with van der Waals surface area (Å²) in [6.45, 7) is 1.18. The molecular formula is C19H18F3N3O3S. The molecule has 0 aliphatic carbocycles. The number of nitrogens with one attached hydrogen (secondary N) is 1. The second kappa shape index (κ2) is 7.03. The predicted octanol–water partition coefficient (Wildman–Crippen LogP) is 2.71. The van der Waals surface area contributed by atoms with E-state index >= 15 is 0 Å². The standard InChI is InChI=1S/C19H18F3N3O3S/c20-19(21,22)14-1-3-15(4-2-14)24-7-9-25(10-8-24)29(27,28)16-5-6-17-13(11-16)12-18(26)23-17/h1-6,11H,7-10,12H2,(H,23,26). The van der Waals surface area contributed by atoms with Crippen LogP contribution in [0.2, 0.25) is 0 Å². The fraction of sp³-hybridized carbons (Fsp3) is 0.316. The summed E-state index contributed by atoms with van der Waals surface area (Å²) in [6, 6.07) is 9.43. The smallest absolute Gasteiger partial charge is 0.369 e. The van der Waals surface area contributed by atoms with Crippen LogP contribution in [-0.4, -0.2) is 44.8 Å². The highest BCUT2D eigenvalue weighted by Crippen LogP contribution is 2.31. The number of halogens is 3. The zero-order valence-electron chi connectivity index (χ0n) is 15.2. The Bertz CT molecular complexity index is 1040. The Labute approximate surface area is 166 Å². The minimum absolute atomic E-state index is 0.135. The summed E-state index contributed by atoms with van der Waals surface area (Å²) in [5, 5.41) is 2.67. The van der Waals surface area contributed by atoms with Crippen molar-refractivity contribution in [3.63, 3.8) is 0 Å². The van der Waals surface area contributed by atoms with Gasteiger partial charge in [-0.3, -0.25) is 4.79 Å². The van der Waals surface area contributed by atoms with Gasteiger partial charge in [-0.25, -0.2) is 8.42 Å². The van der Waals surface area contributed by atoms with E-state index in [0.29, 0.717) is 30.0 Å². The maximum atomic E-state index is 12.9. The van der Waals surface area contributed by atoms with E-state index in [-0.39, 0.29) is 30.3 Å². The Balaban J connectivity index is 1.45. The summed E-state index contributed by atoms with van der Waals surface area (Å²) >= 11 is 0. The van der Waals surface area contributed by atoms with Gasteiger partial charge in [0.2, 0.25) is 15.9 Å². The molecule has 0 atom stereocenters. The second-order valence-electron chi connectivity index (χ2n) is 6.98. The topological polar surface area (TPSA) is 69.7 Å². The van der Waals surface area contributed by atoms with Crippen LogP contribution in [0.1, 0.15) is 11.1 Å². The number of nitrogens with zero attached hydrogens (tertiary/aromatic N) is 2. The lowest BCUT2D eigenvalue weighted by atomic mass is 10.2. The van der Waals surface area contributed by atoms with Crippen LogP contribution < -0.4 is 10.2 Å². The Morgan fingerprint density at radius 2 is 1.59 bits per heavy atom. The van der Waals surface area contributed by atoms with Crippen LogP contribution in [0, 0.1) is 0 Å². The zero-order chi connectivity index (χ0) is 20.8. The van der Waals surface area contributed by atoms with E-state index in [0.717, 1.165) is 12.1 Å². The van der Waals surface area contributed by atoms with Crippen LogP contribution in [0.4, 0.5) is 24.5 Å². The van der Waals surface area contributed by atoms with E-state index < -0.39 is 21.8 Å². The molecule has 2 aliphatic rings. The van der Waals surface area contributed by atoms with Gasteiger partial charge in [-0.15, -0.1) is 0 Å². The molecule has 29 heavy (non-hydrogen) atoms. The van der Waals surface area contributed by atoms with E-state index in [1.165, 1.54) is 28.6 Å². The van der Waals surface area contributed by atoms with Crippen LogP contribution in [-0.2, 0) is 27.4 Å². The fourth-order valence-corrected chi connectivity index (χ4v) is 5.04. The minimum atomic E-state index is -4.39. The van der Waals surface area contributed by atoms with Crippen molar-refractivity contribution in [3.05, 3.63) is 53.6 Å². The third-order valence-corrected chi connectivity index (χ3v) is 7.03. The van der Waals surface area contributed by atoms with Gasteiger partial charge in [0, 0.05) is 37.6 Å². The number of hydrogen-bond acceptors (Lipinski definition) is 4. The Morgan fingerprint density at radius 3 is 2.21 bits per heavy atom. The lowest BCUT2D eigenvalue weighted by molar-refractivity contribution is -0.137. The quantitative estimate of drug-likeness (QED) is 0.821. The van der Waals surface area contributed by atoms with E-state index in [9.17, 15) is 26.4 Å². The van der Waals surface area contributed by atoms with Crippen molar-refractivity contribution < 1.29 is 26.4 Å². The van der Waals surface area contributed by atoms with Crippen LogP contribution in [0.25, 0.3) is 0 Å².